The van der Waals surface area contributed by atoms with Crippen LogP contribution in [0.1, 0.15) is 57.6 Å². The summed E-state index contributed by atoms with van der Waals surface area (Å²) in [6, 6.07) is 7.33. The number of rotatable bonds is 4. The first-order valence-corrected chi connectivity index (χ1v) is 7.84. The van der Waals surface area contributed by atoms with E-state index in [1.807, 2.05) is 38.1 Å². The number of benzene rings is 1. The van der Waals surface area contributed by atoms with Crippen LogP contribution in [0.4, 0.5) is 0 Å². The molecule has 0 saturated carbocycles. The first kappa shape index (κ1) is 17.3. The lowest BCUT2D eigenvalue weighted by Gasteiger charge is -2.25. The van der Waals surface area contributed by atoms with Gasteiger partial charge in [0, 0.05) is 23.3 Å². The molecule has 1 aromatic carbocycles. The van der Waals surface area contributed by atoms with Gasteiger partial charge in [-0.2, -0.15) is 0 Å². The van der Waals surface area contributed by atoms with Crippen LogP contribution in [0.15, 0.2) is 24.3 Å². The van der Waals surface area contributed by atoms with E-state index in [0.29, 0.717) is 21.8 Å². The van der Waals surface area contributed by atoms with Crippen LogP contribution in [-0.2, 0) is 0 Å². The molecule has 4 nitrogen and oxygen atoms in total. The number of hydrogen-bond acceptors (Lipinski definition) is 2. The van der Waals surface area contributed by atoms with Crippen molar-refractivity contribution in [1.29, 1.82) is 0 Å². The number of nitrogens with one attached hydrogen (secondary N) is 1. The standard InChI is InChI=1S/C18H21ClN2O2/c1-10-16(13(4)22)11(2)20-17(10)18(23)21(5)12(3)14-6-8-15(19)9-7-14/h6-9,12,20H,1-5H3. The summed E-state index contributed by atoms with van der Waals surface area (Å²) in [7, 11) is 1.75. The molecule has 0 aliphatic heterocycles. The van der Waals surface area contributed by atoms with Gasteiger partial charge in [-0.1, -0.05) is 23.7 Å². The largest absolute Gasteiger partial charge is 0.354 e. The third-order valence-corrected chi connectivity index (χ3v) is 4.51. The molecule has 0 fully saturated rings. The van der Waals surface area contributed by atoms with Gasteiger partial charge < -0.3 is 9.88 Å². The lowest BCUT2D eigenvalue weighted by atomic mass is 10.0. The highest BCUT2D eigenvalue weighted by molar-refractivity contribution is 6.30. The molecule has 1 N–H and O–H groups in total. The van der Waals surface area contributed by atoms with E-state index in [9.17, 15) is 9.59 Å². The molecule has 0 bridgehead atoms. The molecule has 2 aromatic rings. The predicted molar refractivity (Wildman–Crippen MR) is 92.2 cm³/mol. The van der Waals surface area contributed by atoms with Crippen LogP contribution in [-0.4, -0.2) is 28.6 Å². The molecule has 0 aliphatic rings. The Labute approximate surface area is 141 Å². The zero-order valence-electron chi connectivity index (χ0n) is 14.0. The van der Waals surface area contributed by atoms with Gasteiger partial charge in [0.15, 0.2) is 5.78 Å². The van der Waals surface area contributed by atoms with Gasteiger partial charge in [0.05, 0.1) is 6.04 Å². The van der Waals surface area contributed by atoms with E-state index in [4.69, 9.17) is 11.6 Å². The van der Waals surface area contributed by atoms with E-state index in [2.05, 4.69) is 4.98 Å². The molecule has 1 unspecified atom stereocenters. The summed E-state index contributed by atoms with van der Waals surface area (Å²) >= 11 is 5.91. The molecule has 5 heteroatoms. The highest BCUT2D eigenvalue weighted by Crippen LogP contribution is 2.25. The molecule has 2 rings (SSSR count). The summed E-state index contributed by atoms with van der Waals surface area (Å²) in [5.41, 5.74) is 3.50. The second kappa shape index (κ2) is 6.59. The number of aromatic nitrogens is 1. The third kappa shape index (κ3) is 3.32. The molecule has 0 aliphatic carbocycles. The van der Waals surface area contributed by atoms with Crippen molar-refractivity contribution in [2.75, 3.05) is 7.05 Å². The van der Waals surface area contributed by atoms with Crippen LogP contribution in [0, 0.1) is 13.8 Å². The Morgan fingerprint density at radius 2 is 1.74 bits per heavy atom. The highest BCUT2D eigenvalue weighted by atomic mass is 35.5. The van der Waals surface area contributed by atoms with Crippen molar-refractivity contribution in [2.24, 2.45) is 0 Å². The van der Waals surface area contributed by atoms with Crippen LogP contribution >= 0.6 is 11.6 Å². The molecule has 122 valence electrons. The quantitative estimate of drug-likeness (QED) is 0.848. The average molecular weight is 333 g/mol. The fourth-order valence-electron chi connectivity index (χ4n) is 2.81. The summed E-state index contributed by atoms with van der Waals surface area (Å²) in [5.74, 6) is -0.177. The second-order valence-electron chi connectivity index (χ2n) is 5.82. The summed E-state index contributed by atoms with van der Waals surface area (Å²) in [4.78, 5) is 29.2. The van der Waals surface area contributed by atoms with Crippen molar-refractivity contribution in [3.05, 3.63) is 57.4 Å². The highest BCUT2D eigenvalue weighted by Gasteiger charge is 2.25. The number of aromatic amines is 1. The monoisotopic (exact) mass is 332 g/mol. The second-order valence-corrected chi connectivity index (χ2v) is 6.26. The number of hydrogen-bond donors (Lipinski definition) is 1. The van der Waals surface area contributed by atoms with E-state index in [1.54, 1.807) is 18.9 Å². The van der Waals surface area contributed by atoms with Crippen LogP contribution in [0.3, 0.4) is 0 Å². The normalized spacial score (nSPS) is 12.1. The predicted octanol–water partition coefficient (Wildman–Crippen LogP) is 4.32. The molecule has 1 heterocycles. The molecule has 0 saturated heterocycles. The first-order valence-electron chi connectivity index (χ1n) is 7.46. The van der Waals surface area contributed by atoms with Gasteiger partial charge in [-0.25, -0.2) is 0 Å². The number of aryl methyl sites for hydroxylation is 1. The van der Waals surface area contributed by atoms with Crippen molar-refractivity contribution in [2.45, 2.75) is 33.7 Å². The molecular formula is C18H21ClN2O2. The molecule has 0 spiro atoms. The summed E-state index contributed by atoms with van der Waals surface area (Å²) < 4.78 is 0. The van der Waals surface area contributed by atoms with E-state index in [1.165, 1.54) is 6.92 Å². The summed E-state index contributed by atoms with van der Waals surface area (Å²) in [6.07, 6.45) is 0. The zero-order chi connectivity index (χ0) is 17.3. The van der Waals surface area contributed by atoms with Gasteiger partial charge in [-0.15, -0.1) is 0 Å². The van der Waals surface area contributed by atoms with E-state index in [0.717, 1.165) is 11.3 Å². The number of carbonyl (C=O) groups is 2. The van der Waals surface area contributed by atoms with Gasteiger partial charge >= 0.3 is 0 Å². The van der Waals surface area contributed by atoms with Gasteiger partial charge in [0.1, 0.15) is 5.69 Å². The Morgan fingerprint density at radius 1 is 1.17 bits per heavy atom. The lowest BCUT2D eigenvalue weighted by molar-refractivity contribution is 0.0736. The Bertz CT molecular complexity index is 747. The van der Waals surface area contributed by atoms with Gasteiger partial charge in [0.2, 0.25) is 0 Å². The van der Waals surface area contributed by atoms with Gasteiger partial charge in [-0.3, -0.25) is 9.59 Å². The topological polar surface area (TPSA) is 53.2 Å². The van der Waals surface area contributed by atoms with E-state index >= 15 is 0 Å². The number of H-pyrrole nitrogens is 1. The molecular weight excluding hydrogens is 312 g/mol. The minimum atomic E-state index is -0.138. The number of halogens is 1. The number of nitrogens with zero attached hydrogens (tertiary/aromatic N) is 1. The van der Waals surface area contributed by atoms with Crippen molar-refractivity contribution in [1.82, 2.24) is 9.88 Å². The van der Waals surface area contributed by atoms with Gasteiger partial charge in [-0.05, 0) is 51.0 Å². The minimum absolute atomic E-state index is 0.0382. The van der Waals surface area contributed by atoms with Crippen LogP contribution in [0.2, 0.25) is 5.02 Å². The Balaban J connectivity index is 2.31. The van der Waals surface area contributed by atoms with Crippen molar-refractivity contribution < 1.29 is 9.59 Å². The Hall–Kier alpha value is -2.07. The van der Waals surface area contributed by atoms with Crippen LogP contribution in [0.5, 0.6) is 0 Å². The Morgan fingerprint density at radius 3 is 2.22 bits per heavy atom. The van der Waals surface area contributed by atoms with Gasteiger partial charge in [0.25, 0.3) is 5.91 Å². The maximum absolute atomic E-state index is 12.8. The fraction of sp³-hybridized carbons (Fsp3) is 0.333. The number of carbonyl (C=O) groups excluding carboxylic acids is 2. The summed E-state index contributed by atoms with van der Waals surface area (Å²) in [5, 5.41) is 0.664. The first-order chi connectivity index (χ1) is 10.7. The smallest absolute Gasteiger partial charge is 0.270 e. The van der Waals surface area contributed by atoms with Crippen LogP contribution in [0.25, 0.3) is 0 Å². The maximum atomic E-state index is 12.8. The van der Waals surface area contributed by atoms with E-state index < -0.39 is 0 Å². The molecule has 1 atom stereocenters. The lowest BCUT2D eigenvalue weighted by Crippen LogP contribution is -2.30. The maximum Gasteiger partial charge on any atom is 0.270 e. The zero-order valence-corrected chi connectivity index (χ0v) is 14.8. The number of Topliss-reactive ketones (excluding diaryl/α,β-unsaturated/α-hetero) is 1. The molecule has 1 aromatic heterocycles. The van der Waals surface area contributed by atoms with Crippen LogP contribution < -0.4 is 0 Å². The number of amides is 1. The number of ketones is 1. The third-order valence-electron chi connectivity index (χ3n) is 4.26. The summed E-state index contributed by atoms with van der Waals surface area (Å²) in [6.45, 7) is 7.08. The van der Waals surface area contributed by atoms with E-state index in [-0.39, 0.29) is 17.7 Å². The Kier molecular flexibility index (Phi) is 4.95. The van der Waals surface area contributed by atoms with Crippen molar-refractivity contribution in [3.63, 3.8) is 0 Å². The minimum Gasteiger partial charge on any atom is -0.354 e. The fourth-order valence-corrected chi connectivity index (χ4v) is 2.94. The van der Waals surface area contributed by atoms with Crippen molar-refractivity contribution >= 4 is 23.3 Å². The molecule has 0 radical (unpaired) electrons. The average Bonchev–Trinajstić information content (AvgIpc) is 2.80. The SMILES string of the molecule is CC(=O)c1c(C)[nH]c(C(=O)N(C)C(C)c2ccc(Cl)cc2)c1C. The molecule has 1 amide bonds. The van der Waals surface area contributed by atoms with Crippen molar-refractivity contribution in [3.8, 4) is 0 Å². The molecule has 23 heavy (non-hydrogen) atoms.